The van der Waals surface area contributed by atoms with E-state index in [2.05, 4.69) is 109 Å². The van der Waals surface area contributed by atoms with Crippen molar-refractivity contribution in [2.45, 2.75) is 24.9 Å². The summed E-state index contributed by atoms with van der Waals surface area (Å²) >= 11 is 6.38. The molecule has 5 aromatic carbocycles. The zero-order chi connectivity index (χ0) is 30.1. The van der Waals surface area contributed by atoms with E-state index < -0.39 is 5.60 Å². The van der Waals surface area contributed by atoms with E-state index >= 15 is 0 Å². The predicted octanol–water partition coefficient (Wildman–Crippen LogP) is 9.54. The first-order chi connectivity index (χ1) is 21.4. The van der Waals surface area contributed by atoms with Crippen molar-refractivity contribution < 1.29 is 9.47 Å². The summed E-state index contributed by atoms with van der Waals surface area (Å²) in [5.41, 5.74) is 8.69. The van der Waals surface area contributed by atoms with Crippen molar-refractivity contribution in [2.24, 2.45) is 0 Å². The molecule has 0 bridgehead atoms. The van der Waals surface area contributed by atoms with E-state index in [-0.39, 0.29) is 5.41 Å². The average Bonchev–Trinajstić information content (AvgIpc) is 3.31. The van der Waals surface area contributed by atoms with Crippen LogP contribution in [0.2, 0.25) is 5.02 Å². The minimum atomic E-state index is -0.856. The molecule has 2 heterocycles. The van der Waals surface area contributed by atoms with Crippen molar-refractivity contribution in [3.63, 3.8) is 0 Å². The Bertz CT molecular complexity index is 2020. The molecule has 8 rings (SSSR count). The quantitative estimate of drug-likeness (QED) is 0.195. The molecule has 0 aromatic heterocycles. The molecule has 2 aliphatic heterocycles. The molecule has 44 heavy (non-hydrogen) atoms. The highest BCUT2D eigenvalue weighted by atomic mass is 35.5. The van der Waals surface area contributed by atoms with Gasteiger partial charge >= 0.3 is 0 Å². The summed E-state index contributed by atoms with van der Waals surface area (Å²) in [6, 6.07) is 31.4. The summed E-state index contributed by atoms with van der Waals surface area (Å²) in [5, 5.41) is 2.92. The van der Waals surface area contributed by atoms with Gasteiger partial charge in [-0.1, -0.05) is 98.3 Å². The maximum absolute atomic E-state index is 7.65. The van der Waals surface area contributed by atoms with Gasteiger partial charge in [0.25, 0.3) is 0 Å². The lowest BCUT2D eigenvalue weighted by atomic mass is 9.76. The van der Waals surface area contributed by atoms with E-state index in [9.17, 15) is 0 Å². The molecule has 5 aromatic rings. The average molecular weight is 595 g/mol. The first-order valence-electron chi connectivity index (χ1n) is 15.1. The normalized spacial score (nSPS) is 19.5. The van der Waals surface area contributed by atoms with Crippen LogP contribution in [0.1, 0.15) is 41.7 Å². The predicted molar refractivity (Wildman–Crippen MR) is 179 cm³/mol. The van der Waals surface area contributed by atoms with E-state index in [0.717, 1.165) is 59.5 Å². The molecule has 3 aliphatic rings. The Kier molecular flexibility index (Phi) is 6.14. The molecule has 216 valence electrons. The van der Waals surface area contributed by atoms with Crippen molar-refractivity contribution >= 4 is 39.8 Å². The highest BCUT2D eigenvalue weighted by Crippen LogP contribution is 2.58. The summed E-state index contributed by atoms with van der Waals surface area (Å²) in [5.74, 6) is 0.875. The fourth-order valence-corrected chi connectivity index (χ4v) is 7.53. The minimum absolute atomic E-state index is 0.312. The Hall–Kier alpha value is -4.56. The number of hydrogen-bond acceptors (Lipinski definition) is 3. The molecule has 5 heteroatoms. The van der Waals surface area contributed by atoms with Gasteiger partial charge in [0, 0.05) is 51.3 Å². The second-order valence-corrected chi connectivity index (χ2v) is 12.8. The number of nitrogens with zero attached hydrogens (tertiary/aromatic N) is 2. The van der Waals surface area contributed by atoms with Crippen LogP contribution in [0.3, 0.4) is 0 Å². The largest absolute Gasteiger partial charge is 0.472 e. The molecule has 4 nitrogen and oxygen atoms in total. The summed E-state index contributed by atoms with van der Waals surface area (Å²) in [6.45, 7) is 15.4. The molecule has 0 N–H and O–H groups in total. The number of rotatable bonds is 3. The van der Waals surface area contributed by atoms with Crippen molar-refractivity contribution in [1.82, 2.24) is 0 Å². The molecule has 1 atom stereocenters. The Morgan fingerprint density at radius 1 is 0.841 bits per heavy atom. The third-order valence-corrected chi connectivity index (χ3v) is 9.85. The van der Waals surface area contributed by atoms with Crippen LogP contribution < -0.4 is 9.64 Å². The molecule has 0 amide bonds. The standard InChI is InChI=1S/C39H31ClN2O2/c1-38(2)34-24-28(41-3)14-17-32(34)35-30-6-4-5-7-31(30)37-33(36(35)38)18-19-39(44-37,25-8-12-27(40)13-9-25)26-10-15-29(16-11-26)42-20-22-43-23-21-42/h4-19,24H,20-23H2,1-2H3. The Balaban J connectivity index is 1.35. The summed E-state index contributed by atoms with van der Waals surface area (Å²) in [6.07, 6.45) is 4.47. The first-order valence-corrected chi connectivity index (χ1v) is 15.5. The fourth-order valence-electron chi connectivity index (χ4n) is 7.41. The number of halogens is 1. The van der Waals surface area contributed by atoms with Gasteiger partial charge in [0.1, 0.15) is 5.75 Å². The second kappa shape index (κ2) is 9.99. The maximum atomic E-state index is 7.65. The van der Waals surface area contributed by atoms with E-state index in [1.165, 1.54) is 27.9 Å². The van der Waals surface area contributed by atoms with Crippen molar-refractivity contribution in [1.29, 1.82) is 0 Å². The maximum Gasteiger partial charge on any atom is 0.187 e. The van der Waals surface area contributed by atoms with E-state index in [0.29, 0.717) is 10.7 Å². The topological polar surface area (TPSA) is 26.1 Å². The lowest BCUT2D eigenvalue weighted by molar-refractivity contribution is 0.122. The van der Waals surface area contributed by atoms with Crippen LogP contribution in [0.25, 0.3) is 32.8 Å². The number of morpholine rings is 1. The van der Waals surface area contributed by atoms with Gasteiger partial charge in [-0.2, -0.15) is 0 Å². The smallest absolute Gasteiger partial charge is 0.187 e. The van der Waals surface area contributed by atoms with E-state index in [1.807, 2.05) is 18.2 Å². The monoisotopic (exact) mass is 594 g/mol. The van der Waals surface area contributed by atoms with E-state index in [4.69, 9.17) is 27.6 Å². The lowest BCUT2D eigenvalue weighted by Crippen LogP contribution is -2.37. The first kappa shape index (κ1) is 27.0. The summed E-state index contributed by atoms with van der Waals surface area (Å²) in [4.78, 5) is 6.11. The van der Waals surface area contributed by atoms with Crippen LogP contribution in [0.5, 0.6) is 5.75 Å². The number of fused-ring (bicyclic) bond motifs is 8. The van der Waals surface area contributed by atoms with Gasteiger partial charge in [-0.3, -0.25) is 0 Å². The van der Waals surface area contributed by atoms with Crippen LogP contribution in [-0.4, -0.2) is 26.3 Å². The molecular formula is C39H31ClN2O2. The molecule has 0 radical (unpaired) electrons. The SMILES string of the molecule is [C-]#[N+]c1ccc2c(c1)C(C)(C)c1c3c(c4ccccc4c1-2)OC(c1ccc(Cl)cc1)(c1ccc(N2CCOCC2)cc1)C=C3. The molecule has 1 aliphatic carbocycles. The van der Waals surface area contributed by atoms with Crippen molar-refractivity contribution in [3.8, 4) is 16.9 Å². The minimum Gasteiger partial charge on any atom is -0.472 e. The van der Waals surface area contributed by atoms with Crippen molar-refractivity contribution in [3.05, 3.63) is 141 Å². The van der Waals surface area contributed by atoms with Crippen LogP contribution in [0, 0.1) is 6.57 Å². The Labute approximate surface area is 262 Å². The lowest BCUT2D eigenvalue weighted by Gasteiger charge is -2.38. The van der Waals surface area contributed by atoms with Gasteiger partial charge in [0.2, 0.25) is 0 Å². The van der Waals surface area contributed by atoms with Gasteiger partial charge in [-0.05, 0) is 58.0 Å². The van der Waals surface area contributed by atoms with Crippen LogP contribution >= 0.6 is 11.6 Å². The zero-order valence-electron chi connectivity index (χ0n) is 24.7. The number of ether oxygens (including phenoxy) is 2. The number of hydrogen-bond donors (Lipinski definition) is 0. The van der Waals surface area contributed by atoms with Crippen LogP contribution in [0.15, 0.2) is 97.1 Å². The highest BCUT2D eigenvalue weighted by Gasteiger charge is 2.44. The fraction of sp³-hybridized carbons (Fsp3) is 0.205. The van der Waals surface area contributed by atoms with Gasteiger partial charge in [0.05, 0.1) is 19.8 Å². The molecular weight excluding hydrogens is 564 g/mol. The van der Waals surface area contributed by atoms with Crippen LogP contribution in [0.4, 0.5) is 11.4 Å². The van der Waals surface area contributed by atoms with Gasteiger partial charge in [-0.15, -0.1) is 0 Å². The summed E-state index contributed by atoms with van der Waals surface area (Å²) < 4.78 is 13.0. The Morgan fingerprint density at radius 2 is 1.52 bits per heavy atom. The third-order valence-electron chi connectivity index (χ3n) is 9.60. The molecule has 1 saturated heterocycles. The van der Waals surface area contributed by atoms with E-state index in [1.54, 1.807) is 0 Å². The van der Waals surface area contributed by atoms with Crippen LogP contribution in [-0.2, 0) is 15.8 Å². The Morgan fingerprint density at radius 3 is 2.23 bits per heavy atom. The highest BCUT2D eigenvalue weighted by molar-refractivity contribution is 6.30. The van der Waals surface area contributed by atoms with Gasteiger partial charge in [-0.25, -0.2) is 4.85 Å². The number of benzene rings is 5. The molecule has 1 unspecified atom stereocenters. The molecule has 0 spiro atoms. The van der Waals surface area contributed by atoms with Crippen molar-refractivity contribution in [2.75, 3.05) is 31.2 Å². The van der Waals surface area contributed by atoms with Gasteiger partial charge < -0.3 is 14.4 Å². The number of anilines is 1. The third kappa shape index (κ3) is 3.93. The summed E-state index contributed by atoms with van der Waals surface area (Å²) in [7, 11) is 0. The van der Waals surface area contributed by atoms with Gasteiger partial charge in [0.15, 0.2) is 11.3 Å². The molecule has 0 saturated carbocycles. The second-order valence-electron chi connectivity index (χ2n) is 12.3. The zero-order valence-corrected chi connectivity index (χ0v) is 25.5. The molecule has 1 fully saturated rings.